The van der Waals surface area contributed by atoms with Crippen LogP contribution in [0, 0.1) is 5.41 Å². The van der Waals surface area contributed by atoms with Crippen molar-refractivity contribution in [2.45, 2.75) is 44.9 Å². The minimum absolute atomic E-state index is 0.0407. The van der Waals surface area contributed by atoms with E-state index in [0.717, 1.165) is 24.6 Å². The maximum atomic E-state index is 12.0. The minimum Gasteiger partial charge on any atom is -0.283 e. The molecule has 0 aromatic carbocycles. The van der Waals surface area contributed by atoms with Gasteiger partial charge in [0.05, 0.1) is 0 Å². The normalized spacial score (nSPS) is 24.4. The van der Waals surface area contributed by atoms with E-state index < -0.39 is 0 Å². The summed E-state index contributed by atoms with van der Waals surface area (Å²) in [6.07, 6.45) is 6.55. The summed E-state index contributed by atoms with van der Waals surface area (Å²) in [7, 11) is 0. The molecule has 1 saturated carbocycles. The summed E-state index contributed by atoms with van der Waals surface area (Å²) < 4.78 is 0. The van der Waals surface area contributed by atoms with Crippen LogP contribution in [0.1, 0.15) is 44.9 Å². The lowest BCUT2D eigenvalue weighted by molar-refractivity contribution is -0.153. The molecule has 2 aliphatic rings. The molecule has 16 heavy (non-hydrogen) atoms. The highest BCUT2D eigenvalue weighted by Crippen LogP contribution is 2.46. The Morgan fingerprint density at radius 3 is 2.19 bits per heavy atom. The maximum Gasteiger partial charge on any atom is 0.229 e. The van der Waals surface area contributed by atoms with Gasteiger partial charge in [0, 0.05) is 24.7 Å². The molecule has 1 aliphatic heterocycles. The molecule has 0 atom stereocenters. The summed E-state index contributed by atoms with van der Waals surface area (Å²) in [5.41, 5.74) is 0.0407. The second-order valence-electron chi connectivity index (χ2n) is 5.04. The Morgan fingerprint density at radius 2 is 1.69 bits per heavy atom. The largest absolute Gasteiger partial charge is 0.283 e. The third-order valence-electron chi connectivity index (χ3n) is 3.83. The Bertz CT molecular complexity index is 277. The van der Waals surface area contributed by atoms with Gasteiger partial charge in [-0.1, -0.05) is 28.8 Å². The van der Waals surface area contributed by atoms with E-state index >= 15 is 0 Å². The predicted octanol–water partition coefficient (Wildman–Crippen LogP) is 2.48. The van der Waals surface area contributed by atoms with Crippen LogP contribution in [0.25, 0.3) is 0 Å². The SMILES string of the molecule is O=C1CC2(CCCC2)CC(=O)N1CCCBr. The van der Waals surface area contributed by atoms with E-state index in [9.17, 15) is 9.59 Å². The molecule has 2 rings (SSSR count). The fourth-order valence-electron chi connectivity index (χ4n) is 2.98. The number of hydrogen-bond acceptors (Lipinski definition) is 2. The van der Waals surface area contributed by atoms with Gasteiger partial charge in [0.2, 0.25) is 11.8 Å². The Morgan fingerprint density at radius 1 is 1.12 bits per heavy atom. The highest BCUT2D eigenvalue weighted by Gasteiger charge is 2.44. The fourth-order valence-corrected chi connectivity index (χ4v) is 3.23. The van der Waals surface area contributed by atoms with E-state index in [-0.39, 0.29) is 17.2 Å². The highest BCUT2D eigenvalue weighted by atomic mass is 79.9. The van der Waals surface area contributed by atoms with Crippen LogP contribution in [0.3, 0.4) is 0 Å². The molecule has 0 aromatic heterocycles. The first-order valence-electron chi connectivity index (χ1n) is 6.06. The van der Waals surface area contributed by atoms with E-state index in [4.69, 9.17) is 0 Å². The number of piperidine rings is 1. The van der Waals surface area contributed by atoms with E-state index in [1.807, 2.05) is 0 Å². The fraction of sp³-hybridized carbons (Fsp3) is 0.833. The lowest BCUT2D eigenvalue weighted by Crippen LogP contribution is -2.47. The lowest BCUT2D eigenvalue weighted by atomic mass is 9.76. The van der Waals surface area contributed by atoms with Crippen molar-refractivity contribution in [1.29, 1.82) is 0 Å². The van der Waals surface area contributed by atoms with Gasteiger partial charge in [-0.15, -0.1) is 0 Å². The number of imide groups is 1. The van der Waals surface area contributed by atoms with E-state index in [0.29, 0.717) is 19.4 Å². The van der Waals surface area contributed by atoms with Crippen LogP contribution in [-0.2, 0) is 9.59 Å². The van der Waals surface area contributed by atoms with Crippen molar-refractivity contribution < 1.29 is 9.59 Å². The summed E-state index contributed by atoms with van der Waals surface area (Å²) in [5.74, 6) is 0.109. The first-order valence-corrected chi connectivity index (χ1v) is 7.18. The van der Waals surface area contributed by atoms with E-state index in [1.165, 1.54) is 17.7 Å². The zero-order chi connectivity index (χ0) is 11.6. The van der Waals surface area contributed by atoms with Gasteiger partial charge in [0.1, 0.15) is 0 Å². The number of halogens is 1. The van der Waals surface area contributed by atoms with Crippen molar-refractivity contribution in [2.75, 3.05) is 11.9 Å². The van der Waals surface area contributed by atoms with Crippen molar-refractivity contribution in [1.82, 2.24) is 4.90 Å². The molecule has 1 saturated heterocycles. The Labute approximate surface area is 105 Å². The Kier molecular flexibility index (Phi) is 3.67. The Balaban J connectivity index is 2.01. The second-order valence-corrected chi connectivity index (χ2v) is 5.84. The molecule has 1 heterocycles. The topological polar surface area (TPSA) is 37.4 Å². The van der Waals surface area contributed by atoms with Crippen LogP contribution in [-0.4, -0.2) is 28.6 Å². The molecule has 0 bridgehead atoms. The average Bonchev–Trinajstić information content (AvgIpc) is 2.65. The van der Waals surface area contributed by atoms with Gasteiger partial charge < -0.3 is 0 Å². The van der Waals surface area contributed by atoms with Crippen molar-refractivity contribution in [2.24, 2.45) is 5.41 Å². The second kappa shape index (κ2) is 4.86. The van der Waals surface area contributed by atoms with Gasteiger partial charge >= 0.3 is 0 Å². The van der Waals surface area contributed by atoms with Crippen LogP contribution in [0.15, 0.2) is 0 Å². The molecule has 0 aromatic rings. The maximum absolute atomic E-state index is 12.0. The monoisotopic (exact) mass is 287 g/mol. The summed E-state index contributed by atoms with van der Waals surface area (Å²) in [6.45, 7) is 0.582. The number of likely N-dealkylation sites (tertiary alicyclic amines) is 1. The number of hydrogen-bond donors (Lipinski definition) is 0. The molecule has 4 heteroatoms. The minimum atomic E-state index is 0.0407. The quantitative estimate of drug-likeness (QED) is 0.591. The van der Waals surface area contributed by atoms with Crippen LogP contribution < -0.4 is 0 Å². The van der Waals surface area contributed by atoms with Crippen LogP contribution in [0.2, 0.25) is 0 Å². The van der Waals surface area contributed by atoms with E-state index in [2.05, 4.69) is 15.9 Å². The molecule has 0 N–H and O–H groups in total. The van der Waals surface area contributed by atoms with Crippen molar-refractivity contribution in [3.05, 3.63) is 0 Å². The molecular formula is C12H18BrNO2. The number of carbonyl (C=O) groups is 2. The number of amides is 2. The number of nitrogens with zero attached hydrogens (tertiary/aromatic N) is 1. The van der Waals surface area contributed by atoms with Gasteiger partial charge in [-0.25, -0.2) is 0 Å². The van der Waals surface area contributed by atoms with Crippen LogP contribution >= 0.6 is 15.9 Å². The first-order chi connectivity index (χ1) is 7.67. The van der Waals surface area contributed by atoms with Gasteiger partial charge in [0.15, 0.2) is 0 Å². The zero-order valence-corrected chi connectivity index (χ0v) is 11.1. The molecule has 1 aliphatic carbocycles. The molecular weight excluding hydrogens is 270 g/mol. The summed E-state index contributed by atoms with van der Waals surface area (Å²) in [4.78, 5) is 25.4. The molecule has 3 nitrogen and oxygen atoms in total. The summed E-state index contributed by atoms with van der Waals surface area (Å²) in [6, 6.07) is 0. The van der Waals surface area contributed by atoms with Gasteiger partial charge in [-0.3, -0.25) is 14.5 Å². The van der Waals surface area contributed by atoms with Gasteiger partial charge in [0.25, 0.3) is 0 Å². The van der Waals surface area contributed by atoms with Gasteiger partial charge in [-0.05, 0) is 24.7 Å². The van der Waals surface area contributed by atoms with Gasteiger partial charge in [-0.2, -0.15) is 0 Å². The van der Waals surface area contributed by atoms with Crippen LogP contribution in [0.5, 0.6) is 0 Å². The molecule has 0 radical (unpaired) electrons. The molecule has 90 valence electrons. The number of rotatable bonds is 3. The van der Waals surface area contributed by atoms with Crippen molar-refractivity contribution in [3.63, 3.8) is 0 Å². The summed E-state index contributed by atoms with van der Waals surface area (Å²) >= 11 is 3.33. The smallest absolute Gasteiger partial charge is 0.229 e. The third-order valence-corrected chi connectivity index (χ3v) is 4.39. The Hall–Kier alpha value is -0.380. The molecule has 1 spiro atoms. The lowest BCUT2D eigenvalue weighted by Gasteiger charge is -2.37. The van der Waals surface area contributed by atoms with Crippen molar-refractivity contribution >= 4 is 27.7 Å². The molecule has 2 amide bonds. The molecule has 0 unspecified atom stereocenters. The van der Waals surface area contributed by atoms with E-state index in [1.54, 1.807) is 0 Å². The third kappa shape index (κ3) is 2.31. The highest BCUT2D eigenvalue weighted by molar-refractivity contribution is 9.09. The number of alkyl halides is 1. The summed E-state index contributed by atoms with van der Waals surface area (Å²) in [5, 5.41) is 0.842. The first kappa shape index (κ1) is 12.1. The predicted molar refractivity (Wildman–Crippen MR) is 65.3 cm³/mol. The average molecular weight is 288 g/mol. The standard InChI is InChI=1S/C12H18BrNO2/c13-6-3-7-14-10(15)8-12(9-11(14)16)4-1-2-5-12/h1-9H2. The van der Waals surface area contributed by atoms with Crippen LogP contribution in [0.4, 0.5) is 0 Å². The zero-order valence-electron chi connectivity index (χ0n) is 9.51. The number of carbonyl (C=O) groups excluding carboxylic acids is 2. The molecule has 2 fully saturated rings. The van der Waals surface area contributed by atoms with Crippen molar-refractivity contribution in [3.8, 4) is 0 Å².